The van der Waals surface area contributed by atoms with E-state index in [0.717, 1.165) is 6.42 Å². The first kappa shape index (κ1) is 15.1. The second-order valence-electron chi connectivity index (χ2n) is 4.98. The summed E-state index contributed by atoms with van der Waals surface area (Å²) >= 11 is 0. The van der Waals surface area contributed by atoms with Crippen molar-refractivity contribution < 1.29 is 9.26 Å². The van der Waals surface area contributed by atoms with E-state index in [-0.39, 0.29) is 18.1 Å². The van der Waals surface area contributed by atoms with E-state index in [2.05, 4.69) is 30.9 Å². The average Bonchev–Trinajstić information content (AvgIpc) is 2.75. The van der Waals surface area contributed by atoms with Crippen LogP contribution < -0.4 is 5.73 Å². The zero-order chi connectivity index (χ0) is 13.7. The minimum atomic E-state index is -0.113. The Hall–Kier alpha value is -0.940. The minimum absolute atomic E-state index is 0.00731. The molecule has 0 aliphatic rings. The van der Waals surface area contributed by atoms with Gasteiger partial charge in [0, 0.05) is 12.6 Å². The summed E-state index contributed by atoms with van der Waals surface area (Å²) in [6.07, 6.45) is 0.776. The maximum atomic E-state index is 5.92. The number of ether oxygens (including phenoxy) is 1. The van der Waals surface area contributed by atoms with Crippen LogP contribution in [-0.2, 0) is 4.74 Å². The Balaban J connectivity index is 2.89. The van der Waals surface area contributed by atoms with E-state index in [1.54, 1.807) is 0 Å². The van der Waals surface area contributed by atoms with Gasteiger partial charge in [0.05, 0.1) is 5.92 Å². The molecule has 5 heteroatoms. The highest BCUT2D eigenvalue weighted by Gasteiger charge is 2.26. The summed E-state index contributed by atoms with van der Waals surface area (Å²) in [4.78, 5) is 4.46. The van der Waals surface area contributed by atoms with Gasteiger partial charge in [-0.1, -0.05) is 25.9 Å². The predicted molar refractivity (Wildman–Crippen MR) is 70.2 cm³/mol. The highest BCUT2D eigenvalue weighted by atomic mass is 16.5. The molecule has 3 atom stereocenters. The smallest absolute Gasteiger partial charge is 0.231 e. The zero-order valence-electron chi connectivity index (χ0n) is 12.0. The zero-order valence-corrected chi connectivity index (χ0v) is 12.0. The molecule has 2 N–H and O–H groups in total. The lowest BCUT2D eigenvalue weighted by Gasteiger charge is -2.17. The van der Waals surface area contributed by atoms with Crippen LogP contribution in [0.5, 0.6) is 0 Å². The van der Waals surface area contributed by atoms with E-state index >= 15 is 0 Å². The van der Waals surface area contributed by atoms with Gasteiger partial charge in [-0.25, -0.2) is 0 Å². The van der Waals surface area contributed by atoms with E-state index < -0.39 is 0 Å². The van der Waals surface area contributed by atoms with Crippen LogP contribution in [0.15, 0.2) is 4.52 Å². The van der Waals surface area contributed by atoms with Gasteiger partial charge in [-0.05, 0) is 26.2 Å². The molecule has 0 aromatic carbocycles. The molecule has 1 aromatic rings. The molecule has 0 fully saturated rings. The molecule has 0 aliphatic carbocycles. The van der Waals surface area contributed by atoms with Crippen molar-refractivity contribution >= 4 is 0 Å². The molecule has 104 valence electrons. The van der Waals surface area contributed by atoms with Gasteiger partial charge in [-0.2, -0.15) is 4.98 Å². The third-order valence-corrected chi connectivity index (χ3v) is 3.06. The van der Waals surface area contributed by atoms with Gasteiger partial charge in [-0.15, -0.1) is 0 Å². The van der Waals surface area contributed by atoms with Crippen LogP contribution in [0.25, 0.3) is 0 Å². The van der Waals surface area contributed by atoms with Gasteiger partial charge < -0.3 is 15.0 Å². The van der Waals surface area contributed by atoms with Gasteiger partial charge in [0.1, 0.15) is 6.10 Å². The van der Waals surface area contributed by atoms with Crippen molar-refractivity contribution in [3.63, 3.8) is 0 Å². The summed E-state index contributed by atoms with van der Waals surface area (Å²) in [5.41, 5.74) is 5.92. The lowest BCUT2D eigenvalue weighted by atomic mass is 9.99. The molecule has 18 heavy (non-hydrogen) atoms. The fourth-order valence-corrected chi connectivity index (χ4v) is 2.03. The van der Waals surface area contributed by atoms with Crippen molar-refractivity contribution in [1.82, 2.24) is 10.1 Å². The first-order valence-electron chi connectivity index (χ1n) is 6.71. The largest absolute Gasteiger partial charge is 0.370 e. The van der Waals surface area contributed by atoms with Gasteiger partial charge >= 0.3 is 0 Å². The molecule has 0 bridgehead atoms. The first-order valence-corrected chi connectivity index (χ1v) is 6.71. The number of nitrogens with two attached hydrogens (primary N) is 1. The fraction of sp³-hybridized carbons (Fsp3) is 0.846. The molecule has 3 unspecified atom stereocenters. The maximum Gasteiger partial charge on any atom is 0.231 e. The Morgan fingerprint density at radius 1 is 1.28 bits per heavy atom. The van der Waals surface area contributed by atoms with Crippen molar-refractivity contribution in [3.05, 3.63) is 11.7 Å². The predicted octanol–water partition coefficient (Wildman–Crippen LogP) is 2.64. The molecule has 5 nitrogen and oxygen atoms in total. The number of aromatic nitrogens is 2. The van der Waals surface area contributed by atoms with Crippen LogP contribution in [0.2, 0.25) is 0 Å². The molecule has 0 saturated carbocycles. The summed E-state index contributed by atoms with van der Waals surface area (Å²) in [5, 5.41) is 4.04. The normalized spacial score (nSPS) is 16.8. The van der Waals surface area contributed by atoms with E-state index in [9.17, 15) is 0 Å². The summed E-state index contributed by atoms with van der Waals surface area (Å²) in [7, 11) is 0. The van der Waals surface area contributed by atoms with E-state index in [1.807, 2.05) is 13.8 Å². The molecule has 1 heterocycles. The Bertz CT molecular complexity index is 350. The summed E-state index contributed by atoms with van der Waals surface area (Å²) in [6, 6.07) is 0.00731. The van der Waals surface area contributed by atoms with Crippen molar-refractivity contribution in [2.45, 2.75) is 59.1 Å². The van der Waals surface area contributed by atoms with E-state index in [4.69, 9.17) is 15.0 Å². The first-order chi connectivity index (χ1) is 8.51. The quantitative estimate of drug-likeness (QED) is 0.810. The summed E-state index contributed by atoms with van der Waals surface area (Å²) < 4.78 is 11.0. The number of hydrogen-bond acceptors (Lipinski definition) is 5. The van der Waals surface area contributed by atoms with Crippen molar-refractivity contribution in [2.75, 3.05) is 6.61 Å². The van der Waals surface area contributed by atoms with Crippen LogP contribution in [-0.4, -0.2) is 22.8 Å². The molecule has 0 saturated heterocycles. The SMILES string of the molecule is CCOC(c1noc(C(CC)C(C)N)n1)C(C)C. The Morgan fingerprint density at radius 2 is 1.94 bits per heavy atom. The topological polar surface area (TPSA) is 74.2 Å². The van der Waals surface area contributed by atoms with Crippen LogP contribution in [0.3, 0.4) is 0 Å². The molecule has 0 amide bonds. The molecule has 1 aromatic heterocycles. The van der Waals surface area contributed by atoms with Crippen LogP contribution in [0.4, 0.5) is 0 Å². The maximum absolute atomic E-state index is 5.92. The van der Waals surface area contributed by atoms with Gasteiger partial charge in [-0.3, -0.25) is 0 Å². The second kappa shape index (κ2) is 6.85. The van der Waals surface area contributed by atoms with Gasteiger partial charge in [0.25, 0.3) is 0 Å². The van der Waals surface area contributed by atoms with Crippen molar-refractivity contribution in [1.29, 1.82) is 0 Å². The van der Waals surface area contributed by atoms with Gasteiger partial charge in [0.2, 0.25) is 11.7 Å². The van der Waals surface area contributed by atoms with Gasteiger partial charge in [0.15, 0.2) is 0 Å². The Kier molecular flexibility index (Phi) is 5.75. The molecule has 0 spiro atoms. The molecular formula is C13H25N3O2. The summed E-state index contributed by atoms with van der Waals surface area (Å²) in [6.45, 7) is 10.8. The highest BCUT2D eigenvalue weighted by molar-refractivity contribution is 5.00. The average molecular weight is 255 g/mol. The monoisotopic (exact) mass is 255 g/mol. The lowest BCUT2D eigenvalue weighted by molar-refractivity contribution is 0.0217. The second-order valence-corrected chi connectivity index (χ2v) is 4.98. The third-order valence-electron chi connectivity index (χ3n) is 3.06. The molecule has 0 radical (unpaired) electrons. The standard InChI is InChI=1S/C13H25N3O2/c1-6-10(9(5)14)13-15-12(16-18-13)11(8(3)4)17-7-2/h8-11H,6-7,14H2,1-5H3. The Morgan fingerprint density at radius 3 is 2.39 bits per heavy atom. The van der Waals surface area contributed by atoms with Crippen molar-refractivity contribution in [3.8, 4) is 0 Å². The minimum Gasteiger partial charge on any atom is -0.370 e. The number of nitrogens with zero attached hydrogens (tertiary/aromatic N) is 2. The summed E-state index contributed by atoms with van der Waals surface area (Å²) in [5.74, 6) is 1.67. The Labute approximate surface area is 109 Å². The number of rotatable bonds is 7. The van der Waals surface area contributed by atoms with E-state index in [0.29, 0.717) is 24.2 Å². The van der Waals surface area contributed by atoms with Crippen LogP contribution in [0, 0.1) is 5.92 Å². The highest BCUT2D eigenvalue weighted by Crippen LogP contribution is 2.26. The molecule has 0 aliphatic heterocycles. The van der Waals surface area contributed by atoms with Crippen molar-refractivity contribution in [2.24, 2.45) is 11.7 Å². The third kappa shape index (κ3) is 3.53. The fourth-order valence-electron chi connectivity index (χ4n) is 2.03. The van der Waals surface area contributed by atoms with Crippen LogP contribution >= 0.6 is 0 Å². The van der Waals surface area contributed by atoms with Crippen LogP contribution in [0.1, 0.15) is 64.8 Å². The number of hydrogen-bond donors (Lipinski definition) is 1. The van der Waals surface area contributed by atoms with E-state index in [1.165, 1.54) is 0 Å². The molecule has 1 rings (SSSR count). The molecular weight excluding hydrogens is 230 g/mol. The lowest BCUT2D eigenvalue weighted by Crippen LogP contribution is -2.24.